The molecule has 2 heterocycles. The van der Waals surface area contributed by atoms with E-state index in [-0.39, 0.29) is 16.4 Å². The lowest BCUT2D eigenvalue weighted by molar-refractivity contribution is -0.140. The fourth-order valence-corrected chi connectivity index (χ4v) is 6.55. The summed E-state index contributed by atoms with van der Waals surface area (Å²) in [4.78, 5) is 21.1. The van der Waals surface area contributed by atoms with Crippen LogP contribution < -0.4 is 14.2 Å². The first-order valence-electron chi connectivity index (χ1n) is 12.9. The third-order valence-corrected chi connectivity index (χ3v) is 9.02. The Kier molecular flexibility index (Phi) is 9.51. The van der Waals surface area contributed by atoms with E-state index in [2.05, 4.69) is 0 Å². The molecule has 4 aromatic rings. The van der Waals surface area contributed by atoms with E-state index >= 15 is 0 Å². The summed E-state index contributed by atoms with van der Waals surface area (Å²) in [5.74, 6) is -7.88. The second-order valence-electron chi connectivity index (χ2n) is 9.61. The van der Waals surface area contributed by atoms with E-state index in [1.54, 1.807) is 24.3 Å². The maximum Gasteiger partial charge on any atom is 0.303 e. The number of hydrogen-bond acceptors (Lipinski definition) is 7. The van der Waals surface area contributed by atoms with Gasteiger partial charge in [-0.25, -0.2) is 17.6 Å². The normalized spacial score (nSPS) is 12.1. The minimum atomic E-state index is -3.28. The van der Waals surface area contributed by atoms with Crippen molar-refractivity contribution in [3.8, 4) is 17.2 Å². The van der Waals surface area contributed by atoms with Crippen LogP contribution in [0.5, 0.6) is 17.2 Å². The SMILES string of the molecule is COc1cc2sc(C(F)(F)CCC(=O)O)cc2cc1CCCOc1cc2sc(C(F)(F)CCC(=O)O)cc2cc1OC. The van der Waals surface area contributed by atoms with Crippen LogP contribution in [-0.2, 0) is 27.9 Å². The largest absolute Gasteiger partial charge is 0.496 e. The quantitative estimate of drug-likeness (QED) is 0.101. The van der Waals surface area contributed by atoms with Crippen LogP contribution in [0.2, 0.25) is 0 Å². The monoisotopic (exact) mass is 628 g/mol. The number of aryl methyl sites for hydroxylation is 1. The Morgan fingerprint density at radius 2 is 1.24 bits per heavy atom. The predicted octanol–water partition coefficient (Wildman–Crippen LogP) is 8.06. The van der Waals surface area contributed by atoms with Crippen molar-refractivity contribution in [3.63, 3.8) is 0 Å². The number of rotatable bonds is 15. The zero-order valence-corrected chi connectivity index (χ0v) is 24.3. The molecular formula is C29H28F4O7S2. The minimum Gasteiger partial charge on any atom is -0.496 e. The van der Waals surface area contributed by atoms with Gasteiger partial charge in [-0.05, 0) is 59.5 Å². The molecule has 13 heteroatoms. The molecule has 2 aromatic heterocycles. The number of carbonyl (C=O) groups is 2. The standard InChI is InChI=1S/C29H28F4O7S2/c1-38-19-14-22-17(12-24(41-22)28(30,31)7-5-26(34)35)10-16(19)4-3-9-40-21-15-23-18(11-20(21)39-2)13-25(42-23)29(32,33)8-6-27(36)37/h10-15H,3-9H2,1-2H3,(H,34,35)(H,36,37). The van der Waals surface area contributed by atoms with Gasteiger partial charge in [0, 0.05) is 28.3 Å². The number of benzene rings is 2. The molecule has 0 fully saturated rings. The van der Waals surface area contributed by atoms with Gasteiger partial charge in [0.1, 0.15) is 5.75 Å². The van der Waals surface area contributed by atoms with Gasteiger partial charge in [-0.3, -0.25) is 9.59 Å². The number of fused-ring (bicyclic) bond motifs is 2. The zero-order valence-electron chi connectivity index (χ0n) is 22.7. The van der Waals surface area contributed by atoms with Crippen molar-refractivity contribution in [1.29, 1.82) is 0 Å². The lowest BCUT2D eigenvalue weighted by Gasteiger charge is -2.12. The third-order valence-electron chi connectivity index (χ3n) is 6.60. The Bertz CT molecular complexity index is 1480. The highest BCUT2D eigenvalue weighted by molar-refractivity contribution is 7.19. The maximum atomic E-state index is 14.6. The van der Waals surface area contributed by atoms with Gasteiger partial charge < -0.3 is 24.4 Å². The van der Waals surface area contributed by atoms with Crippen molar-refractivity contribution in [3.05, 3.63) is 51.7 Å². The second kappa shape index (κ2) is 12.7. The van der Waals surface area contributed by atoms with Gasteiger partial charge in [0.15, 0.2) is 11.5 Å². The number of methoxy groups -OCH3 is 2. The summed E-state index contributed by atoms with van der Waals surface area (Å²) in [7, 11) is 2.92. The Morgan fingerprint density at radius 3 is 1.74 bits per heavy atom. The highest BCUT2D eigenvalue weighted by Gasteiger charge is 2.35. The number of ether oxygens (including phenoxy) is 3. The molecule has 0 saturated heterocycles. The molecule has 0 aliphatic carbocycles. The number of alkyl halides is 4. The van der Waals surface area contributed by atoms with E-state index in [1.807, 2.05) is 0 Å². The van der Waals surface area contributed by atoms with Gasteiger partial charge in [-0.2, -0.15) is 0 Å². The zero-order chi connectivity index (χ0) is 30.7. The Balaban J connectivity index is 1.45. The highest BCUT2D eigenvalue weighted by atomic mass is 32.1. The molecule has 0 bridgehead atoms. The number of carboxylic acids is 2. The molecule has 226 valence electrons. The fourth-order valence-electron chi connectivity index (χ4n) is 4.40. The van der Waals surface area contributed by atoms with Crippen molar-refractivity contribution in [1.82, 2.24) is 0 Å². The van der Waals surface area contributed by atoms with Gasteiger partial charge in [0.25, 0.3) is 11.8 Å². The van der Waals surface area contributed by atoms with Crippen LogP contribution in [-0.4, -0.2) is 43.0 Å². The molecule has 0 spiro atoms. The molecule has 0 saturated carbocycles. The number of carboxylic acid groups (broad SMARTS) is 2. The lowest BCUT2D eigenvalue weighted by atomic mass is 10.1. The Hall–Kier alpha value is -3.58. The van der Waals surface area contributed by atoms with Gasteiger partial charge in [0.2, 0.25) is 0 Å². The first-order valence-corrected chi connectivity index (χ1v) is 14.5. The summed E-state index contributed by atoms with van der Waals surface area (Å²) in [5, 5.41) is 18.7. The molecule has 0 radical (unpaired) electrons. The number of halogens is 4. The molecule has 2 aromatic carbocycles. The average Bonchev–Trinajstić information content (AvgIpc) is 3.56. The second-order valence-corrected chi connectivity index (χ2v) is 11.8. The van der Waals surface area contributed by atoms with Crippen LogP contribution in [0.15, 0.2) is 36.4 Å². The van der Waals surface area contributed by atoms with Gasteiger partial charge >= 0.3 is 11.9 Å². The van der Waals surface area contributed by atoms with E-state index in [1.165, 1.54) is 26.4 Å². The topological polar surface area (TPSA) is 102 Å². The van der Waals surface area contributed by atoms with E-state index in [4.69, 9.17) is 24.4 Å². The van der Waals surface area contributed by atoms with E-state index in [0.717, 1.165) is 28.2 Å². The lowest BCUT2D eigenvalue weighted by Crippen LogP contribution is -2.13. The molecule has 42 heavy (non-hydrogen) atoms. The summed E-state index contributed by atoms with van der Waals surface area (Å²) in [5.41, 5.74) is 0.778. The van der Waals surface area contributed by atoms with Crippen molar-refractivity contribution >= 4 is 54.8 Å². The summed E-state index contributed by atoms with van der Waals surface area (Å²) in [6, 6.07) is 9.36. The average molecular weight is 629 g/mol. The molecule has 4 rings (SSSR count). The van der Waals surface area contributed by atoms with E-state index in [0.29, 0.717) is 50.3 Å². The van der Waals surface area contributed by atoms with Crippen LogP contribution in [0, 0.1) is 0 Å². The van der Waals surface area contributed by atoms with Crippen molar-refractivity contribution in [2.75, 3.05) is 20.8 Å². The van der Waals surface area contributed by atoms with Gasteiger partial charge in [0.05, 0.1) is 43.4 Å². The van der Waals surface area contributed by atoms with Crippen molar-refractivity contribution in [2.24, 2.45) is 0 Å². The van der Waals surface area contributed by atoms with Crippen LogP contribution >= 0.6 is 22.7 Å². The van der Waals surface area contributed by atoms with Crippen LogP contribution in [0.4, 0.5) is 17.6 Å². The summed E-state index contributed by atoms with van der Waals surface area (Å²) in [6.45, 7) is 0.234. The molecule has 0 amide bonds. The predicted molar refractivity (Wildman–Crippen MR) is 152 cm³/mol. The molecule has 0 atom stereocenters. The molecule has 0 aliphatic rings. The molecule has 2 N–H and O–H groups in total. The smallest absolute Gasteiger partial charge is 0.303 e. The number of thiophene rings is 2. The van der Waals surface area contributed by atoms with Crippen LogP contribution in [0.1, 0.15) is 47.4 Å². The van der Waals surface area contributed by atoms with E-state index in [9.17, 15) is 27.2 Å². The third kappa shape index (κ3) is 7.24. The van der Waals surface area contributed by atoms with Gasteiger partial charge in [-0.15, -0.1) is 22.7 Å². The van der Waals surface area contributed by atoms with Crippen LogP contribution in [0.3, 0.4) is 0 Å². The number of hydrogen-bond donors (Lipinski definition) is 2. The summed E-state index contributed by atoms with van der Waals surface area (Å²) < 4.78 is 76.1. The maximum absolute atomic E-state index is 14.6. The van der Waals surface area contributed by atoms with Crippen LogP contribution in [0.25, 0.3) is 20.2 Å². The number of aliphatic carboxylic acids is 2. The van der Waals surface area contributed by atoms with E-state index < -0.39 is 49.5 Å². The summed E-state index contributed by atoms with van der Waals surface area (Å²) in [6.07, 6.45) is -1.87. The fraction of sp³-hybridized carbons (Fsp3) is 0.379. The minimum absolute atomic E-state index is 0.208. The first-order chi connectivity index (χ1) is 19.8. The highest BCUT2D eigenvalue weighted by Crippen LogP contribution is 2.44. The molecular weight excluding hydrogens is 600 g/mol. The summed E-state index contributed by atoms with van der Waals surface area (Å²) >= 11 is 1.76. The molecule has 0 unspecified atom stereocenters. The molecule has 0 aliphatic heterocycles. The first kappa shape index (κ1) is 31.4. The van der Waals surface area contributed by atoms with Crippen molar-refractivity contribution in [2.45, 2.75) is 50.4 Å². The van der Waals surface area contributed by atoms with Crippen molar-refractivity contribution < 1.29 is 51.6 Å². The molecule has 7 nitrogen and oxygen atoms in total. The Morgan fingerprint density at radius 1 is 0.738 bits per heavy atom. The van der Waals surface area contributed by atoms with Gasteiger partial charge in [-0.1, -0.05) is 0 Å². The Labute approximate surface area is 246 Å².